The SMILES string of the molecule is CCOC(=O)N[C@@H](C(=O)OC)[C@H](CC(C)C)OC(C)=O. The number of methoxy groups -OCH3 is 1. The van der Waals surface area contributed by atoms with Crippen LogP contribution in [0.3, 0.4) is 0 Å². The van der Waals surface area contributed by atoms with Crippen LogP contribution in [-0.2, 0) is 23.8 Å². The van der Waals surface area contributed by atoms with Crippen molar-refractivity contribution in [1.82, 2.24) is 5.32 Å². The van der Waals surface area contributed by atoms with Crippen LogP contribution in [0.25, 0.3) is 0 Å². The van der Waals surface area contributed by atoms with E-state index in [9.17, 15) is 14.4 Å². The molecular formula is C13H23NO6. The molecule has 0 unspecified atom stereocenters. The summed E-state index contributed by atoms with van der Waals surface area (Å²) in [6.45, 7) is 6.88. The topological polar surface area (TPSA) is 90.9 Å². The van der Waals surface area contributed by atoms with Gasteiger partial charge < -0.3 is 19.5 Å². The van der Waals surface area contributed by atoms with Crippen molar-refractivity contribution >= 4 is 18.0 Å². The second-order valence-corrected chi connectivity index (χ2v) is 4.64. The van der Waals surface area contributed by atoms with Crippen LogP contribution in [0.4, 0.5) is 4.79 Å². The third-order valence-corrected chi connectivity index (χ3v) is 2.40. The van der Waals surface area contributed by atoms with Gasteiger partial charge in [0.15, 0.2) is 6.04 Å². The van der Waals surface area contributed by atoms with Gasteiger partial charge in [0, 0.05) is 6.92 Å². The lowest BCUT2D eigenvalue weighted by molar-refractivity contribution is -0.156. The Bertz CT molecular complexity index is 342. The lowest BCUT2D eigenvalue weighted by Gasteiger charge is -2.26. The van der Waals surface area contributed by atoms with E-state index in [1.165, 1.54) is 14.0 Å². The molecule has 116 valence electrons. The first-order chi connectivity index (χ1) is 9.31. The highest BCUT2D eigenvalue weighted by Crippen LogP contribution is 2.14. The molecule has 0 aliphatic carbocycles. The van der Waals surface area contributed by atoms with Gasteiger partial charge in [0.05, 0.1) is 13.7 Å². The monoisotopic (exact) mass is 289 g/mol. The molecule has 0 aliphatic heterocycles. The first-order valence-electron chi connectivity index (χ1n) is 6.50. The van der Waals surface area contributed by atoms with Gasteiger partial charge in [-0.15, -0.1) is 0 Å². The number of carbonyl (C=O) groups excluding carboxylic acids is 3. The Labute approximate surface area is 118 Å². The van der Waals surface area contributed by atoms with Crippen LogP contribution in [0.1, 0.15) is 34.1 Å². The average Bonchev–Trinajstić information content (AvgIpc) is 2.33. The summed E-state index contributed by atoms with van der Waals surface area (Å²) in [5, 5.41) is 2.37. The normalized spacial score (nSPS) is 13.3. The molecule has 0 saturated carbocycles. The summed E-state index contributed by atoms with van der Waals surface area (Å²) in [6.07, 6.45) is -1.15. The molecule has 0 spiro atoms. The third kappa shape index (κ3) is 6.96. The van der Waals surface area contributed by atoms with Gasteiger partial charge in [-0.3, -0.25) is 4.79 Å². The first-order valence-corrected chi connectivity index (χ1v) is 6.50. The number of carbonyl (C=O) groups is 3. The second-order valence-electron chi connectivity index (χ2n) is 4.64. The molecule has 0 saturated heterocycles. The molecule has 0 aromatic rings. The van der Waals surface area contributed by atoms with Gasteiger partial charge in [0.25, 0.3) is 0 Å². The minimum atomic E-state index is -1.09. The van der Waals surface area contributed by atoms with E-state index in [1.807, 2.05) is 13.8 Å². The predicted octanol–water partition coefficient (Wildman–Crippen LogP) is 1.25. The molecule has 0 radical (unpaired) electrons. The van der Waals surface area contributed by atoms with E-state index >= 15 is 0 Å². The molecule has 7 heteroatoms. The Morgan fingerprint density at radius 2 is 1.80 bits per heavy atom. The Morgan fingerprint density at radius 1 is 1.20 bits per heavy atom. The molecule has 1 N–H and O–H groups in total. The van der Waals surface area contributed by atoms with Crippen molar-refractivity contribution in [2.45, 2.75) is 46.3 Å². The van der Waals surface area contributed by atoms with Crippen LogP contribution < -0.4 is 5.32 Å². The summed E-state index contributed by atoms with van der Waals surface area (Å²) in [5.41, 5.74) is 0. The van der Waals surface area contributed by atoms with Crippen LogP contribution in [0, 0.1) is 5.92 Å². The third-order valence-electron chi connectivity index (χ3n) is 2.40. The maximum atomic E-state index is 11.8. The zero-order valence-corrected chi connectivity index (χ0v) is 12.6. The minimum Gasteiger partial charge on any atom is -0.467 e. The quantitative estimate of drug-likeness (QED) is 0.560. The summed E-state index contributed by atoms with van der Waals surface area (Å²) in [7, 11) is 1.20. The van der Waals surface area contributed by atoms with Crippen molar-refractivity contribution in [3.63, 3.8) is 0 Å². The molecule has 20 heavy (non-hydrogen) atoms. The van der Waals surface area contributed by atoms with Gasteiger partial charge in [-0.2, -0.15) is 0 Å². The molecule has 0 aromatic carbocycles. The van der Waals surface area contributed by atoms with Gasteiger partial charge in [-0.05, 0) is 19.3 Å². The van der Waals surface area contributed by atoms with Crippen molar-refractivity contribution in [2.75, 3.05) is 13.7 Å². The van der Waals surface area contributed by atoms with E-state index in [2.05, 4.69) is 10.1 Å². The van der Waals surface area contributed by atoms with Crippen molar-refractivity contribution in [3.05, 3.63) is 0 Å². The van der Waals surface area contributed by atoms with Gasteiger partial charge in [0.1, 0.15) is 6.10 Å². The summed E-state index contributed by atoms with van der Waals surface area (Å²) in [6, 6.07) is -1.09. The minimum absolute atomic E-state index is 0.163. The molecule has 1 amide bonds. The Kier molecular flexibility index (Phi) is 8.35. The molecular weight excluding hydrogens is 266 g/mol. The molecule has 0 bridgehead atoms. The van der Waals surface area contributed by atoms with Crippen molar-refractivity contribution in [2.24, 2.45) is 5.92 Å². The van der Waals surface area contributed by atoms with Gasteiger partial charge in [-0.1, -0.05) is 13.8 Å². The number of esters is 2. The van der Waals surface area contributed by atoms with E-state index in [0.717, 1.165) is 0 Å². The first kappa shape index (κ1) is 18.2. The number of rotatable bonds is 7. The molecule has 0 aromatic heterocycles. The van der Waals surface area contributed by atoms with Gasteiger partial charge in [0.2, 0.25) is 0 Å². The zero-order chi connectivity index (χ0) is 15.7. The average molecular weight is 289 g/mol. The van der Waals surface area contributed by atoms with E-state index in [0.29, 0.717) is 6.42 Å². The fourth-order valence-corrected chi connectivity index (χ4v) is 1.66. The van der Waals surface area contributed by atoms with Crippen LogP contribution in [0.15, 0.2) is 0 Å². The van der Waals surface area contributed by atoms with Crippen LogP contribution in [-0.4, -0.2) is 43.9 Å². The van der Waals surface area contributed by atoms with Crippen molar-refractivity contribution in [1.29, 1.82) is 0 Å². The lowest BCUT2D eigenvalue weighted by atomic mass is 10.00. The van der Waals surface area contributed by atoms with Crippen molar-refractivity contribution < 1.29 is 28.6 Å². The summed E-state index contributed by atoms with van der Waals surface area (Å²) >= 11 is 0. The number of nitrogens with one attached hydrogen (secondary N) is 1. The second kappa shape index (κ2) is 9.17. The lowest BCUT2D eigenvalue weighted by Crippen LogP contribution is -2.51. The highest BCUT2D eigenvalue weighted by molar-refractivity contribution is 5.82. The number of amides is 1. The standard InChI is InChI=1S/C13H23NO6/c1-6-19-13(17)14-11(12(16)18-5)10(7-8(2)3)20-9(4)15/h8,10-11H,6-7H2,1-5H3,(H,14,17)/t10-,11+/m0/s1. The molecule has 0 heterocycles. The van der Waals surface area contributed by atoms with Crippen LogP contribution >= 0.6 is 0 Å². The summed E-state index contributed by atoms with van der Waals surface area (Å²) in [5.74, 6) is -1.06. The number of alkyl carbamates (subject to hydrolysis) is 1. The van der Waals surface area contributed by atoms with E-state index in [-0.39, 0.29) is 12.5 Å². The fourth-order valence-electron chi connectivity index (χ4n) is 1.66. The molecule has 0 aliphatic rings. The summed E-state index contributed by atoms with van der Waals surface area (Å²) in [4.78, 5) is 34.4. The Hall–Kier alpha value is -1.79. The maximum Gasteiger partial charge on any atom is 0.407 e. The fraction of sp³-hybridized carbons (Fsp3) is 0.769. The predicted molar refractivity (Wildman–Crippen MR) is 71.0 cm³/mol. The largest absolute Gasteiger partial charge is 0.467 e. The van der Waals surface area contributed by atoms with E-state index < -0.39 is 30.2 Å². The van der Waals surface area contributed by atoms with Gasteiger partial charge in [-0.25, -0.2) is 9.59 Å². The van der Waals surface area contributed by atoms with Crippen LogP contribution in [0.5, 0.6) is 0 Å². The molecule has 2 atom stereocenters. The Balaban J connectivity index is 5.03. The smallest absolute Gasteiger partial charge is 0.407 e. The highest BCUT2D eigenvalue weighted by Gasteiger charge is 2.34. The summed E-state index contributed by atoms with van der Waals surface area (Å²) < 4.78 is 14.5. The zero-order valence-electron chi connectivity index (χ0n) is 12.6. The maximum absolute atomic E-state index is 11.8. The molecule has 7 nitrogen and oxygen atoms in total. The van der Waals surface area contributed by atoms with E-state index in [4.69, 9.17) is 9.47 Å². The Morgan fingerprint density at radius 3 is 2.20 bits per heavy atom. The highest BCUT2D eigenvalue weighted by atomic mass is 16.6. The molecule has 0 fully saturated rings. The number of hydrogen-bond acceptors (Lipinski definition) is 6. The van der Waals surface area contributed by atoms with Crippen LogP contribution in [0.2, 0.25) is 0 Å². The number of hydrogen-bond donors (Lipinski definition) is 1. The van der Waals surface area contributed by atoms with E-state index in [1.54, 1.807) is 6.92 Å². The number of ether oxygens (including phenoxy) is 3. The van der Waals surface area contributed by atoms with Crippen molar-refractivity contribution in [3.8, 4) is 0 Å². The molecule has 0 rings (SSSR count). The van der Waals surface area contributed by atoms with Gasteiger partial charge >= 0.3 is 18.0 Å².